The Kier molecular flexibility index (Phi) is 1.16. The van der Waals surface area contributed by atoms with E-state index >= 15 is 0 Å². The van der Waals surface area contributed by atoms with Crippen LogP contribution in [0.1, 0.15) is 12.5 Å². The first kappa shape index (κ1) is 5.78. The van der Waals surface area contributed by atoms with Gasteiger partial charge in [-0.05, 0) is 18.6 Å². The van der Waals surface area contributed by atoms with Gasteiger partial charge in [-0.3, -0.25) is 0 Å². The fraction of sp³-hybridized carbons (Fsp3) is 0.333. The molecule has 10 heavy (non-hydrogen) atoms. The third-order valence-electron chi connectivity index (χ3n) is 1.81. The topological polar surface area (TPSA) is 9.23 Å². The van der Waals surface area contributed by atoms with Gasteiger partial charge >= 0.3 is 0 Å². The highest BCUT2D eigenvalue weighted by atomic mass is 16.5. The molecule has 1 heterocycles. The van der Waals surface area contributed by atoms with Crippen LogP contribution in [0.5, 0.6) is 5.75 Å². The van der Waals surface area contributed by atoms with E-state index in [0.29, 0.717) is 6.10 Å². The van der Waals surface area contributed by atoms with Gasteiger partial charge in [-0.25, -0.2) is 0 Å². The zero-order chi connectivity index (χ0) is 6.97. The molecule has 52 valence electrons. The Hall–Kier alpha value is -0.980. The van der Waals surface area contributed by atoms with Gasteiger partial charge in [0.1, 0.15) is 11.9 Å². The lowest BCUT2D eigenvalue weighted by molar-refractivity contribution is 0.254. The predicted octanol–water partition coefficient (Wildman–Crippen LogP) is 2.01. The van der Waals surface area contributed by atoms with Gasteiger partial charge in [0.15, 0.2) is 0 Å². The van der Waals surface area contributed by atoms with E-state index < -0.39 is 0 Å². The molecule has 1 aromatic carbocycles. The molecule has 0 aliphatic carbocycles. The van der Waals surface area contributed by atoms with Crippen LogP contribution in [0.4, 0.5) is 0 Å². The monoisotopic (exact) mass is 134 g/mol. The second kappa shape index (κ2) is 2.01. The quantitative estimate of drug-likeness (QED) is 0.527. The summed E-state index contributed by atoms with van der Waals surface area (Å²) in [6, 6.07) is 8.22. The minimum Gasteiger partial charge on any atom is -0.490 e. The molecule has 0 radical (unpaired) electrons. The van der Waals surface area contributed by atoms with Crippen molar-refractivity contribution in [3.63, 3.8) is 0 Å². The molecule has 0 unspecified atom stereocenters. The van der Waals surface area contributed by atoms with Crippen LogP contribution in [0.3, 0.4) is 0 Å². The number of ether oxygens (including phenoxy) is 1. The minimum absolute atomic E-state index is 0.373. The SMILES string of the molecule is C[C@H]1Cc2ccccc2O1. The van der Waals surface area contributed by atoms with Gasteiger partial charge in [-0.1, -0.05) is 18.2 Å². The van der Waals surface area contributed by atoms with Gasteiger partial charge in [0.2, 0.25) is 0 Å². The van der Waals surface area contributed by atoms with E-state index in [2.05, 4.69) is 19.1 Å². The first-order valence-electron chi connectivity index (χ1n) is 3.61. The van der Waals surface area contributed by atoms with Crippen LogP contribution in [0.2, 0.25) is 0 Å². The van der Waals surface area contributed by atoms with Crippen LogP contribution in [0.25, 0.3) is 0 Å². The molecular formula is C9H10O. The Balaban J connectivity index is 2.42. The Bertz CT molecular complexity index is 217. The van der Waals surface area contributed by atoms with Gasteiger partial charge in [-0.15, -0.1) is 0 Å². The van der Waals surface area contributed by atoms with Crippen LogP contribution >= 0.6 is 0 Å². The summed E-state index contributed by atoms with van der Waals surface area (Å²) in [6.45, 7) is 2.10. The molecule has 0 aromatic heterocycles. The molecule has 0 spiro atoms. The van der Waals surface area contributed by atoms with E-state index in [9.17, 15) is 0 Å². The Morgan fingerprint density at radius 2 is 2.20 bits per heavy atom. The van der Waals surface area contributed by atoms with E-state index in [4.69, 9.17) is 4.74 Å². The molecule has 1 heteroatoms. The van der Waals surface area contributed by atoms with E-state index in [1.54, 1.807) is 0 Å². The third-order valence-corrected chi connectivity index (χ3v) is 1.81. The largest absolute Gasteiger partial charge is 0.490 e. The second-order valence-corrected chi connectivity index (χ2v) is 2.74. The lowest BCUT2D eigenvalue weighted by atomic mass is 10.1. The molecule has 0 saturated heterocycles. The smallest absolute Gasteiger partial charge is 0.123 e. The van der Waals surface area contributed by atoms with Crippen molar-refractivity contribution in [2.45, 2.75) is 19.4 Å². The lowest BCUT2D eigenvalue weighted by Crippen LogP contribution is -2.05. The summed E-state index contributed by atoms with van der Waals surface area (Å²) in [5, 5.41) is 0. The Morgan fingerprint density at radius 3 is 3.00 bits per heavy atom. The van der Waals surface area contributed by atoms with Crippen LogP contribution < -0.4 is 4.74 Å². The summed E-state index contributed by atoms with van der Waals surface area (Å²) in [5.41, 5.74) is 1.34. The van der Waals surface area contributed by atoms with E-state index in [1.807, 2.05) is 12.1 Å². The average molecular weight is 134 g/mol. The van der Waals surface area contributed by atoms with Gasteiger partial charge in [0, 0.05) is 6.42 Å². The highest BCUT2D eigenvalue weighted by molar-refractivity contribution is 5.36. The van der Waals surface area contributed by atoms with Crippen molar-refractivity contribution in [3.8, 4) is 5.75 Å². The standard InChI is InChI=1S/C9H10O/c1-7-6-8-4-2-3-5-9(8)10-7/h2-5,7H,6H2,1H3/t7-/m0/s1. The molecule has 1 aliphatic rings. The molecule has 0 saturated carbocycles. The first-order valence-corrected chi connectivity index (χ1v) is 3.61. The van der Waals surface area contributed by atoms with Crippen LogP contribution in [0, 0.1) is 0 Å². The zero-order valence-corrected chi connectivity index (χ0v) is 6.00. The normalized spacial score (nSPS) is 21.9. The summed E-state index contributed by atoms with van der Waals surface area (Å²) >= 11 is 0. The Morgan fingerprint density at radius 1 is 1.40 bits per heavy atom. The molecule has 2 rings (SSSR count). The van der Waals surface area contributed by atoms with Crippen molar-refractivity contribution in [2.75, 3.05) is 0 Å². The fourth-order valence-electron chi connectivity index (χ4n) is 1.36. The molecule has 1 atom stereocenters. The van der Waals surface area contributed by atoms with Crippen molar-refractivity contribution in [3.05, 3.63) is 29.8 Å². The number of hydrogen-bond acceptors (Lipinski definition) is 1. The Labute approximate surface area is 60.6 Å². The predicted molar refractivity (Wildman–Crippen MR) is 40.2 cm³/mol. The van der Waals surface area contributed by atoms with E-state index in [1.165, 1.54) is 5.56 Å². The summed E-state index contributed by atoms with van der Waals surface area (Å²) in [4.78, 5) is 0. The molecule has 1 aliphatic heterocycles. The number of hydrogen-bond donors (Lipinski definition) is 0. The maximum Gasteiger partial charge on any atom is 0.123 e. The maximum absolute atomic E-state index is 5.51. The molecule has 0 N–H and O–H groups in total. The second-order valence-electron chi connectivity index (χ2n) is 2.74. The summed E-state index contributed by atoms with van der Waals surface area (Å²) < 4.78 is 5.51. The minimum atomic E-state index is 0.373. The van der Waals surface area contributed by atoms with Crippen molar-refractivity contribution in [1.29, 1.82) is 0 Å². The zero-order valence-electron chi connectivity index (χ0n) is 6.00. The average Bonchev–Trinajstić information content (AvgIpc) is 2.27. The highest BCUT2D eigenvalue weighted by Gasteiger charge is 2.16. The fourth-order valence-corrected chi connectivity index (χ4v) is 1.36. The number of para-hydroxylation sites is 1. The third kappa shape index (κ3) is 0.783. The molecule has 0 amide bonds. The molecule has 0 fully saturated rings. The highest BCUT2D eigenvalue weighted by Crippen LogP contribution is 2.27. The molecule has 1 aromatic rings. The van der Waals surface area contributed by atoms with Gasteiger partial charge in [0.25, 0.3) is 0 Å². The van der Waals surface area contributed by atoms with Crippen molar-refractivity contribution >= 4 is 0 Å². The van der Waals surface area contributed by atoms with Gasteiger partial charge in [-0.2, -0.15) is 0 Å². The number of benzene rings is 1. The summed E-state index contributed by atoms with van der Waals surface area (Å²) in [7, 11) is 0. The summed E-state index contributed by atoms with van der Waals surface area (Å²) in [5.74, 6) is 1.06. The van der Waals surface area contributed by atoms with Crippen LogP contribution in [-0.4, -0.2) is 6.10 Å². The molecule has 0 bridgehead atoms. The summed E-state index contributed by atoms with van der Waals surface area (Å²) in [6.07, 6.45) is 1.44. The van der Waals surface area contributed by atoms with Crippen molar-refractivity contribution < 1.29 is 4.74 Å². The first-order chi connectivity index (χ1) is 4.86. The number of rotatable bonds is 0. The molecular weight excluding hydrogens is 124 g/mol. The van der Waals surface area contributed by atoms with E-state index in [0.717, 1.165) is 12.2 Å². The van der Waals surface area contributed by atoms with Crippen molar-refractivity contribution in [2.24, 2.45) is 0 Å². The van der Waals surface area contributed by atoms with E-state index in [-0.39, 0.29) is 0 Å². The number of fused-ring (bicyclic) bond motifs is 1. The van der Waals surface area contributed by atoms with Gasteiger partial charge in [0.05, 0.1) is 0 Å². The maximum atomic E-state index is 5.51. The van der Waals surface area contributed by atoms with Gasteiger partial charge < -0.3 is 4.74 Å². The van der Waals surface area contributed by atoms with Crippen molar-refractivity contribution in [1.82, 2.24) is 0 Å². The van der Waals surface area contributed by atoms with Crippen LogP contribution in [-0.2, 0) is 6.42 Å². The molecule has 1 nitrogen and oxygen atoms in total. The van der Waals surface area contributed by atoms with Crippen LogP contribution in [0.15, 0.2) is 24.3 Å². The lowest BCUT2D eigenvalue weighted by Gasteiger charge is -2.00.